The third-order valence-electron chi connectivity index (χ3n) is 1.46. The van der Waals surface area contributed by atoms with E-state index in [0.717, 1.165) is 11.4 Å². The monoisotopic (exact) mass is 185 g/mol. The zero-order valence-corrected chi connectivity index (χ0v) is 7.94. The molecule has 14 heavy (non-hydrogen) atoms. The van der Waals surface area contributed by atoms with E-state index >= 15 is 0 Å². The quantitative estimate of drug-likeness (QED) is 0.636. The minimum atomic E-state index is 0.826. The van der Waals surface area contributed by atoms with Gasteiger partial charge in [-0.05, 0) is 19.1 Å². The molecule has 0 saturated carbocycles. The first-order chi connectivity index (χ1) is 6.83. The van der Waals surface area contributed by atoms with Crippen LogP contribution in [0.2, 0.25) is 0 Å². The highest BCUT2D eigenvalue weighted by molar-refractivity contribution is 5.27. The summed E-state index contributed by atoms with van der Waals surface area (Å²) in [5.41, 5.74) is 0.826. The molecule has 2 aromatic heterocycles. The number of H-pyrrole nitrogens is 1. The van der Waals surface area contributed by atoms with E-state index in [9.17, 15) is 0 Å². The van der Waals surface area contributed by atoms with E-state index in [4.69, 9.17) is 6.42 Å². The molecule has 3 nitrogen and oxygen atoms in total. The first kappa shape index (κ1) is 10.0. The predicted octanol–water partition coefficient (Wildman–Crippen LogP) is 1.78. The van der Waals surface area contributed by atoms with Crippen LogP contribution in [0.15, 0.2) is 36.9 Å². The largest absolute Gasteiger partial charge is 0.349 e. The lowest BCUT2D eigenvalue weighted by atomic mass is 10.3. The average Bonchev–Trinajstić information content (AvgIpc) is 2.71. The molecule has 3 heteroatoms. The number of aryl methyl sites for hydroxylation is 1. The second-order valence-electron chi connectivity index (χ2n) is 2.56. The van der Waals surface area contributed by atoms with E-state index < -0.39 is 0 Å². The van der Waals surface area contributed by atoms with Crippen molar-refractivity contribution in [3.8, 4) is 12.3 Å². The molecule has 0 aliphatic carbocycles. The zero-order chi connectivity index (χ0) is 10.2. The van der Waals surface area contributed by atoms with Gasteiger partial charge in [-0.25, -0.2) is 4.98 Å². The van der Waals surface area contributed by atoms with Crippen LogP contribution in [0.1, 0.15) is 11.4 Å². The van der Waals surface area contributed by atoms with Gasteiger partial charge in [0.15, 0.2) is 0 Å². The van der Waals surface area contributed by atoms with Gasteiger partial charge in [0, 0.05) is 30.4 Å². The molecule has 2 heterocycles. The molecule has 0 amide bonds. The summed E-state index contributed by atoms with van der Waals surface area (Å²) < 4.78 is 0. The van der Waals surface area contributed by atoms with E-state index in [-0.39, 0.29) is 0 Å². The van der Waals surface area contributed by atoms with Crippen LogP contribution in [0, 0.1) is 19.3 Å². The van der Waals surface area contributed by atoms with E-state index in [1.54, 1.807) is 24.8 Å². The minimum Gasteiger partial charge on any atom is -0.349 e. The normalized spacial score (nSPS) is 8.29. The number of imidazole rings is 1. The van der Waals surface area contributed by atoms with Crippen LogP contribution < -0.4 is 0 Å². The molecule has 0 unspecified atom stereocenters. The van der Waals surface area contributed by atoms with Crippen LogP contribution >= 0.6 is 0 Å². The highest BCUT2D eigenvalue weighted by Gasteiger charge is 1.77. The van der Waals surface area contributed by atoms with Gasteiger partial charge in [-0.1, -0.05) is 5.92 Å². The highest BCUT2D eigenvalue weighted by atomic mass is 14.9. The lowest BCUT2D eigenvalue weighted by molar-refractivity contribution is 1.15. The lowest BCUT2D eigenvalue weighted by Gasteiger charge is -1.81. The van der Waals surface area contributed by atoms with Crippen LogP contribution in [0.3, 0.4) is 0 Å². The Morgan fingerprint density at radius 2 is 2.29 bits per heavy atom. The summed E-state index contributed by atoms with van der Waals surface area (Å²) in [6.45, 7) is 1.92. The van der Waals surface area contributed by atoms with Gasteiger partial charge in [-0.2, -0.15) is 0 Å². The SMILES string of the molecule is C#Cc1cccnc1.Cc1ncc[nH]1. The van der Waals surface area contributed by atoms with Crippen molar-refractivity contribution in [3.63, 3.8) is 0 Å². The standard InChI is InChI=1S/C7H5N.C4H6N2/c1-2-7-4-3-5-8-6-7;1-4-5-2-3-6-4/h1,3-6H;2-3H,1H3,(H,5,6). The molecule has 0 aliphatic rings. The fraction of sp³-hybridized carbons (Fsp3) is 0.0909. The van der Waals surface area contributed by atoms with Crippen molar-refractivity contribution in [2.24, 2.45) is 0 Å². The molecule has 0 atom stereocenters. The maximum absolute atomic E-state index is 5.06. The van der Waals surface area contributed by atoms with Gasteiger partial charge in [0.1, 0.15) is 5.82 Å². The van der Waals surface area contributed by atoms with Crippen molar-refractivity contribution in [2.75, 3.05) is 0 Å². The molecular weight excluding hydrogens is 174 g/mol. The van der Waals surface area contributed by atoms with Crippen molar-refractivity contribution in [2.45, 2.75) is 6.92 Å². The molecular formula is C11H11N3. The number of terminal acetylenes is 1. The number of aromatic amines is 1. The summed E-state index contributed by atoms with van der Waals surface area (Å²) in [4.78, 5) is 10.6. The molecule has 70 valence electrons. The molecule has 0 aliphatic heterocycles. The smallest absolute Gasteiger partial charge is 0.102 e. The Morgan fingerprint density at radius 1 is 1.43 bits per heavy atom. The number of hydrogen-bond donors (Lipinski definition) is 1. The van der Waals surface area contributed by atoms with Crippen LogP contribution in [0.4, 0.5) is 0 Å². The van der Waals surface area contributed by atoms with E-state index in [1.807, 2.05) is 19.1 Å². The first-order valence-electron chi connectivity index (χ1n) is 4.15. The van der Waals surface area contributed by atoms with E-state index in [0.29, 0.717) is 0 Å². The van der Waals surface area contributed by atoms with Gasteiger partial charge in [-0.3, -0.25) is 4.98 Å². The Hall–Kier alpha value is -2.08. The number of pyridine rings is 1. The molecule has 0 radical (unpaired) electrons. The van der Waals surface area contributed by atoms with Crippen LogP contribution in [-0.2, 0) is 0 Å². The Balaban J connectivity index is 0.000000146. The first-order valence-corrected chi connectivity index (χ1v) is 4.15. The maximum Gasteiger partial charge on any atom is 0.102 e. The van der Waals surface area contributed by atoms with Crippen molar-refractivity contribution in [3.05, 3.63) is 48.3 Å². The number of aromatic nitrogens is 3. The van der Waals surface area contributed by atoms with Gasteiger partial charge < -0.3 is 4.98 Å². The topological polar surface area (TPSA) is 41.6 Å². The minimum absolute atomic E-state index is 0.826. The van der Waals surface area contributed by atoms with Crippen LogP contribution in [0.5, 0.6) is 0 Å². The summed E-state index contributed by atoms with van der Waals surface area (Å²) >= 11 is 0. The predicted molar refractivity (Wildman–Crippen MR) is 55.5 cm³/mol. The number of hydrogen-bond acceptors (Lipinski definition) is 2. The summed E-state index contributed by atoms with van der Waals surface area (Å²) in [6, 6.07) is 3.65. The second-order valence-corrected chi connectivity index (χ2v) is 2.56. The molecule has 0 saturated heterocycles. The fourth-order valence-corrected chi connectivity index (χ4v) is 0.792. The van der Waals surface area contributed by atoms with Gasteiger partial charge >= 0.3 is 0 Å². The number of nitrogens with one attached hydrogen (secondary N) is 1. The van der Waals surface area contributed by atoms with Gasteiger partial charge in [-0.15, -0.1) is 6.42 Å². The fourth-order valence-electron chi connectivity index (χ4n) is 0.792. The molecule has 0 bridgehead atoms. The molecule has 0 fully saturated rings. The third kappa shape index (κ3) is 3.55. The number of rotatable bonds is 0. The molecule has 2 aromatic rings. The second kappa shape index (κ2) is 5.55. The zero-order valence-electron chi connectivity index (χ0n) is 7.94. The Labute approximate surface area is 83.2 Å². The summed E-state index contributed by atoms with van der Waals surface area (Å²) in [6.07, 6.45) is 11.9. The highest BCUT2D eigenvalue weighted by Crippen LogP contribution is 1.89. The maximum atomic E-state index is 5.06. The van der Waals surface area contributed by atoms with Crippen molar-refractivity contribution in [1.82, 2.24) is 15.0 Å². The molecule has 2 rings (SSSR count). The van der Waals surface area contributed by atoms with Crippen LogP contribution in [0.25, 0.3) is 0 Å². The van der Waals surface area contributed by atoms with Crippen molar-refractivity contribution < 1.29 is 0 Å². The summed E-state index contributed by atoms with van der Waals surface area (Å²) in [5.74, 6) is 3.43. The molecule has 0 spiro atoms. The van der Waals surface area contributed by atoms with E-state index in [1.165, 1.54) is 0 Å². The van der Waals surface area contributed by atoms with Crippen molar-refractivity contribution in [1.29, 1.82) is 0 Å². The van der Waals surface area contributed by atoms with Crippen LogP contribution in [-0.4, -0.2) is 15.0 Å². The Bertz CT molecular complexity index is 384. The number of nitrogens with zero attached hydrogens (tertiary/aromatic N) is 2. The molecule has 1 N–H and O–H groups in total. The Kier molecular flexibility index (Phi) is 3.96. The van der Waals surface area contributed by atoms with Gasteiger partial charge in [0.2, 0.25) is 0 Å². The summed E-state index contributed by atoms with van der Waals surface area (Å²) in [5, 5.41) is 0. The lowest BCUT2D eigenvalue weighted by Crippen LogP contribution is -1.72. The van der Waals surface area contributed by atoms with Gasteiger partial charge in [0.25, 0.3) is 0 Å². The summed E-state index contributed by atoms with van der Waals surface area (Å²) in [7, 11) is 0. The Morgan fingerprint density at radius 3 is 2.57 bits per heavy atom. The van der Waals surface area contributed by atoms with Gasteiger partial charge in [0.05, 0.1) is 0 Å². The third-order valence-corrected chi connectivity index (χ3v) is 1.46. The molecule has 0 aromatic carbocycles. The van der Waals surface area contributed by atoms with Crippen molar-refractivity contribution >= 4 is 0 Å². The average molecular weight is 185 g/mol. The van der Waals surface area contributed by atoms with E-state index in [2.05, 4.69) is 20.9 Å².